The van der Waals surface area contributed by atoms with E-state index in [1.54, 1.807) is 6.92 Å². The number of hydrogen-bond acceptors (Lipinski definition) is 2. The van der Waals surface area contributed by atoms with Crippen molar-refractivity contribution >= 4 is 21.9 Å². The molecule has 0 unspecified atom stereocenters. The minimum absolute atomic E-state index is 0.353. The van der Waals surface area contributed by atoms with Gasteiger partial charge < -0.3 is 4.74 Å². The van der Waals surface area contributed by atoms with Crippen molar-refractivity contribution < 1.29 is 9.53 Å². The highest BCUT2D eigenvalue weighted by Gasteiger charge is 2.11. The average Bonchev–Trinajstić information content (AvgIpc) is 2.28. The maximum atomic E-state index is 11.5. The second kappa shape index (κ2) is 6.31. The molecule has 0 aromatic heterocycles. The van der Waals surface area contributed by atoms with E-state index in [2.05, 4.69) is 28.2 Å². The minimum atomic E-state index is -0.353. The average molecular weight is 281 g/mol. The summed E-state index contributed by atoms with van der Waals surface area (Å²) >= 11 is 3.43. The Kier molecular flexibility index (Phi) is 5.03. The van der Waals surface area contributed by atoms with Crippen molar-refractivity contribution in [2.75, 3.05) is 6.61 Å². The van der Waals surface area contributed by atoms with Crippen LogP contribution in [-0.4, -0.2) is 12.6 Å². The van der Waals surface area contributed by atoms with Crippen LogP contribution < -0.4 is 0 Å². The van der Waals surface area contributed by atoms with Gasteiger partial charge in [-0.25, -0.2) is 4.79 Å². The molecule has 0 fully saturated rings. The Hall–Kier alpha value is -1.31. The zero-order valence-electron chi connectivity index (χ0n) is 9.13. The van der Waals surface area contributed by atoms with E-state index in [-0.39, 0.29) is 5.97 Å². The lowest BCUT2D eigenvalue weighted by Gasteiger charge is -2.06. The van der Waals surface area contributed by atoms with E-state index in [4.69, 9.17) is 4.74 Å². The van der Waals surface area contributed by atoms with Crippen LogP contribution in [0, 0.1) is 0 Å². The van der Waals surface area contributed by atoms with Gasteiger partial charge in [-0.3, -0.25) is 0 Å². The van der Waals surface area contributed by atoms with Crippen LogP contribution in [0.15, 0.2) is 46.6 Å². The van der Waals surface area contributed by atoms with Crippen LogP contribution in [0.5, 0.6) is 0 Å². The van der Waals surface area contributed by atoms with Gasteiger partial charge in [0.05, 0.1) is 12.2 Å². The lowest BCUT2D eigenvalue weighted by atomic mass is 10.1. The SMILES string of the molecule is C=C=C(Cc1ccccc1Br)C(=O)OCC. The van der Waals surface area contributed by atoms with E-state index in [0.29, 0.717) is 18.6 Å². The van der Waals surface area contributed by atoms with Crippen molar-refractivity contribution in [3.63, 3.8) is 0 Å². The fraction of sp³-hybridized carbons (Fsp3) is 0.231. The highest BCUT2D eigenvalue weighted by molar-refractivity contribution is 9.10. The third-order valence-electron chi connectivity index (χ3n) is 2.06. The van der Waals surface area contributed by atoms with E-state index in [0.717, 1.165) is 10.0 Å². The predicted molar refractivity (Wildman–Crippen MR) is 67.1 cm³/mol. The Balaban J connectivity index is 2.84. The molecular weight excluding hydrogens is 268 g/mol. The number of halogens is 1. The maximum Gasteiger partial charge on any atom is 0.342 e. The van der Waals surface area contributed by atoms with Gasteiger partial charge >= 0.3 is 5.97 Å². The monoisotopic (exact) mass is 280 g/mol. The van der Waals surface area contributed by atoms with E-state index < -0.39 is 0 Å². The zero-order chi connectivity index (χ0) is 12.0. The van der Waals surface area contributed by atoms with Crippen LogP contribution >= 0.6 is 15.9 Å². The number of benzene rings is 1. The van der Waals surface area contributed by atoms with Crippen LogP contribution in [0.2, 0.25) is 0 Å². The molecule has 0 heterocycles. The van der Waals surface area contributed by atoms with Crippen molar-refractivity contribution in [1.82, 2.24) is 0 Å². The first-order chi connectivity index (χ1) is 7.69. The summed E-state index contributed by atoms with van der Waals surface area (Å²) in [5.41, 5.74) is 4.10. The number of carbonyl (C=O) groups is 1. The van der Waals surface area contributed by atoms with Crippen molar-refractivity contribution in [3.05, 3.63) is 52.2 Å². The van der Waals surface area contributed by atoms with E-state index in [1.807, 2.05) is 24.3 Å². The predicted octanol–water partition coefficient (Wildman–Crippen LogP) is 3.27. The Morgan fingerprint density at radius 3 is 2.75 bits per heavy atom. The Morgan fingerprint density at radius 1 is 1.50 bits per heavy atom. The summed E-state index contributed by atoms with van der Waals surface area (Å²) in [6.07, 6.45) is 0.476. The molecule has 1 aromatic carbocycles. The molecule has 84 valence electrons. The number of esters is 1. The quantitative estimate of drug-likeness (QED) is 0.481. The molecule has 0 radical (unpaired) electrons. The smallest absolute Gasteiger partial charge is 0.342 e. The number of carbonyl (C=O) groups excluding carboxylic acids is 1. The highest BCUT2D eigenvalue weighted by atomic mass is 79.9. The normalized spacial score (nSPS) is 9.38. The van der Waals surface area contributed by atoms with Crippen LogP contribution in [0.3, 0.4) is 0 Å². The molecule has 0 amide bonds. The number of hydrogen-bond donors (Lipinski definition) is 0. The Bertz CT molecular complexity index is 431. The third-order valence-corrected chi connectivity index (χ3v) is 2.83. The van der Waals surface area contributed by atoms with Gasteiger partial charge in [-0.1, -0.05) is 40.7 Å². The third kappa shape index (κ3) is 3.37. The summed E-state index contributed by atoms with van der Waals surface area (Å²) in [5, 5.41) is 0. The van der Waals surface area contributed by atoms with E-state index >= 15 is 0 Å². The van der Waals surface area contributed by atoms with Crippen LogP contribution in [0.1, 0.15) is 12.5 Å². The topological polar surface area (TPSA) is 26.3 Å². The highest BCUT2D eigenvalue weighted by Crippen LogP contribution is 2.19. The summed E-state index contributed by atoms with van der Waals surface area (Å²) < 4.78 is 5.88. The summed E-state index contributed by atoms with van der Waals surface area (Å²) in [6.45, 7) is 5.65. The van der Waals surface area contributed by atoms with Crippen LogP contribution in [0.25, 0.3) is 0 Å². The van der Waals surface area contributed by atoms with Crippen molar-refractivity contribution in [3.8, 4) is 0 Å². The van der Waals surface area contributed by atoms with Gasteiger partial charge in [-0.2, -0.15) is 0 Å². The molecule has 0 N–H and O–H groups in total. The second-order valence-corrected chi connectivity index (χ2v) is 4.00. The molecule has 0 aliphatic carbocycles. The van der Waals surface area contributed by atoms with Gasteiger partial charge in [-0.05, 0) is 18.6 Å². The van der Waals surface area contributed by atoms with Gasteiger partial charge in [0.15, 0.2) is 0 Å². The molecule has 0 saturated heterocycles. The lowest BCUT2D eigenvalue weighted by Crippen LogP contribution is -2.09. The van der Waals surface area contributed by atoms with Gasteiger partial charge in [0.2, 0.25) is 0 Å². The maximum absolute atomic E-state index is 11.5. The fourth-order valence-corrected chi connectivity index (χ4v) is 1.68. The largest absolute Gasteiger partial charge is 0.462 e. The van der Waals surface area contributed by atoms with Gasteiger partial charge in [-0.15, -0.1) is 5.73 Å². The van der Waals surface area contributed by atoms with Crippen molar-refractivity contribution in [1.29, 1.82) is 0 Å². The molecule has 0 saturated carbocycles. The summed E-state index contributed by atoms with van der Waals surface area (Å²) in [5.74, 6) is -0.353. The molecule has 3 heteroatoms. The van der Waals surface area contributed by atoms with Crippen molar-refractivity contribution in [2.24, 2.45) is 0 Å². The first-order valence-electron chi connectivity index (χ1n) is 4.98. The van der Waals surface area contributed by atoms with Gasteiger partial charge in [0.1, 0.15) is 0 Å². The van der Waals surface area contributed by atoms with Crippen LogP contribution in [0.4, 0.5) is 0 Å². The molecule has 1 rings (SSSR count). The molecule has 0 bridgehead atoms. The molecule has 16 heavy (non-hydrogen) atoms. The molecule has 0 aliphatic heterocycles. The Morgan fingerprint density at radius 2 is 2.19 bits per heavy atom. The fourth-order valence-electron chi connectivity index (χ4n) is 1.26. The lowest BCUT2D eigenvalue weighted by molar-refractivity contribution is -0.138. The first kappa shape index (κ1) is 12.8. The first-order valence-corrected chi connectivity index (χ1v) is 5.77. The van der Waals surface area contributed by atoms with E-state index in [1.165, 1.54) is 0 Å². The molecular formula is C13H13BrO2. The Labute approximate surface area is 104 Å². The standard InChI is InChI=1S/C13H13BrO2/c1-3-10(13(15)16-4-2)9-11-7-5-6-8-12(11)14/h5-8H,1,4,9H2,2H3. The summed E-state index contributed by atoms with van der Waals surface area (Å²) in [7, 11) is 0. The zero-order valence-corrected chi connectivity index (χ0v) is 10.7. The van der Waals surface area contributed by atoms with Crippen LogP contribution in [-0.2, 0) is 16.0 Å². The minimum Gasteiger partial charge on any atom is -0.462 e. The summed E-state index contributed by atoms with van der Waals surface area (Å²) in [4.78, 5) is 11.5. The number of ether oxygens (including phenoxy) is 1. The molecule has 2 nitrogen and oxygen atoms in total. The summed E-state index contributed by atoms with van der Waals surface area (Å²) in [6, 6.07) is 7.73. The van der Waals surface area contributed by atoms with Gasteiger partial charge in [0.25, 0.3) is 0 Å². The molecule has 0 spiro atoms. The van der Waals surface area contributed by atoms with E-state index in [9.17, 15) is 4.79 Å². The molecule has 0 aliphatic rings. The molecule has 0 atom stereocenters. The van der Waals surface area contributed by atoms with Gasteiger partial charge in [0, 0.05) is 10.9 Å². The number of rotatable bonds is 4. The van der Waals surface area contributed by atoms with Crippen molar-refractivity contribution in [2.45, 2.75) is 13.3 Å². The second-order valence-electron chi connectivity index (χ2n) is 3.14. The molecule has 1 aromatic rings.